The van der Waals surface area contributed by atoms with Crippen LogP contribution in [0.1, 0.15) is 22.3 Å². The summed E-state index contributed by atoms with van der Waals surface area (Å²) < 4.78 is 5.10. The molecule has 0 aliphatic heterocycles. The maximum atomic E-state index is 12.0. The van der Waals surface area contributed by atoms with E-state index in [1.54, 1.807) is 37.4 Å². The molecule has 0 saturated heterocycles. The molecule has 2 aromatic carbocycles. The summed E-state index contributed by atoms with van der Waals surface area (Å²) in [7, 11) is 1.57. The highest BCUT2D eigenvalue weighted by Crippen LogP contribution is 2.16. The highest BCUT2D eigenvalue weighted by atomic mass is 16.5. The first-order valence-electron chi connectivity index (χ1n) is 7.38. The van der Waals surface area contributed by atoms with Gasteiger partial charge in [-0.3, -0.25) is 9.59 Å². The van der Waals surface area contributed by atoms with E-state index in [4.69, 9.17) is 4.74 Å². The summed E-state index contributed by atoms with van der Waals surface area (Å²) in [6.07, 6.45) is 0.203. The standard InChI is InChI=1S/C18H20N2O3/c1-13-6-3-4-9-16(13)18(22)19-11-10-17(21)20-14-7-5-8-15(12-14)23-2/h3-9,12H,10-11H2,1-2H3,(H,19,22)(H,20,21). The van der Waals surface area contributed by atoms with E-state index in [1.165, 1.54) is 0 Å². The maximum absolute atomic E-state index is 12.0. The van der Waals surface area contributed by atoms with Crippen LogP contribution in [0.15, 0.2) is 48.5 Å². The van der Waals surface area contributed by atoms with E-state index in [2.05, 4.69) is 10.6 Å². The van der Waals surface area contributed by atoms with E-state index in [9.17, 15) is 9.59 Å². The van der Waals surface area contributed by atoms with E-state index in [-0.39, 0.29) is 24.8 Å². The summed E-state index contributed by atoms with van der Waals surface area (Å²) in [5.41, 5.74) is 2.20. The predicted octanol–water partition coefficient (Wildman–Crippen LogP) is 2.76. The fourth-order valence-corrected chi connectivity index (χ4v) is 2.14. The molecule has 0 saturated carbocycles. The van der Waals surface area contributed by atoms with Gasteiger partial charge < -0.3 is 15.4 Å². The molecule has 0 radical (unpaired) electrons. The molecular weight excluding hydrogens is 292 g/mol. The second-order valence-electron chi connectivity index (χ2n) is 5.10. The molecule has 2 aromatic rings. The Bertz CT molecular complexity index is 698. The molecule has 23 heavy (non-hydrogen) atoms. The molecule has 0 aliphatic carbocycles. The molecule has 2 N–H and O–H groups in total. The summed E-state index contributed by atoms with van der Waals surface area (Å²) in [5, 5.41) is 5.53. The SMILES string of the molecule is COc1cccc(NC(=O)CCNC(=O)c2ccccc2C)c1. The molecule has 120 valence electrons. The van der Waals surface area contributed by atoms with E-state index in [0.29, 0.717) is 17.0 Å². The highest BCUT2D eigenvalue weighted by molar-refractivity contribution is 5.96. The zero-order chi connectivity index (χ0) is 16.7. The van der Waals surface area contributed by atoms with Crippen molar-refractivity contribution in [3.05, 3.63) is 59.7 Å². The summed E-state index contributed by atoms with van der Waals surface area (Å²) in [5.74, 6) is 0.344. The third-order valence-corrected chi connectivity index (χ3v) is 3.38. The van der Waals surface area contributed by atoms with Crippen molar-refractivity contribution in [1.82, 2.24) is 5.32 Å². The minimum atomic E-state index is -0.169. The Labute approximate surface area is 135 Å². The first kappa shape index (κ1) is 16.5. The third-order valence-electron chi connectivity index (χ3n) is 3.38. The molecule has 0 atom stereocenters. The van der Waals surface area contributed by atoms with Gasteiger partial charge in [-0.15, -0.1) is 0 Å². The Morgan fingerprint density at radius 2 is 1.87 bits per heavy atom. The highest BCUT2D eigenvalue weighted by Gasteiger charge is 2.09. The van der Waals surface area contributed by atoms with Gasteiger partial charge in [0.2, 0.25) is 5.91 Å². The average Bonchev–Trinajstić information content (AvgIpc) is 2.55. The topological polar surface area (TPSA) is 67.4 Å². The Morgan fingerprint density at radius 1 is 1.09 bits per heavy atom. The molecule has 5 nitrogen and oxygen atoms in total. The second kappa shape index (κ2) is 7.98. The van der Waals surface area contributed by atoms with Crippen LogP contribution in [0.2, 0.25) is 0 Å². The van der Waals surface area contributed by atoms with Crippen molar-refractivity contribution in [3.63, 3.8) is 0 Å². The average molecular weight is 312 g/mol. The zero-order valence-electron chi connectivity index (χ0n) is 13.3. The normalized spacial score (nSPS) is 10.0. The van der Waals surface area contributed by atoms with E-state index in [0.717, 1.165) is 5.56 Å². The number of aryl methyl sites for hydroxylation is 1. The van der Waals surface area contributed by atoms with Gasteiger partial charge in [-0.05, 0) is 30.7 Å². The smallest absolute Gasteiger partial charge is 0.251 e. The molecule has 2 rings (SSSR count). The maximum Gasteiger partial charge on any atom is 0.251 e. The Morgan fingerprint density at radius 3 is 2.61 bits per heavy atom. The number of hydrogen-bond donors (Lipinski definition) is 2. The largest absolute Gasteiger partial charge is 0.497 e. The van der Waals surface area contributed by atoms with Gasteiger partial charge in [0, 0.05) is 30.3 Å². The van der Waals surface area contributed by atoms with Gasteiger partial charge >= 0.3 is 0 Å². The van der Waals surface area contributed by atoms with Crippen LogP contribution in [0.25, 0.3) is 0 Å². The number of benzene rings is 2. The van der Waals surface area contributed by atoms with Crippen LogP contribution in [0.3, 0.4) is 0 Å². The fraction of sp³-hybridized carbons (Fsp3) is 0.222. The van der Waals surface area contributed by atoms with Gasteiger partial charge in [-0.2, -0.15) is 0 Å². The molecule has 0 unspecified atom stereocenters. The molecule has 0 aromatic heterocycles. The Hall–Kier alpha value is -2.82. The lowest BCUT2D eigenvalue weighted by molar-refractivity contribution is -0.116. The van der Waals surface area contributed by atoms with Crippen molar-refractivity contribution in [3.8, 4) is 5.75 Å². The van der Waals surface area contributed by atoms with Crippen LogP contribution in [-0.4, -0.2) is 25.5 Å². The first-order valence-corrected chi connectivity index (χ1v) is 7.38. The molecule has 0 aliphatic rings. The number of carbonyl (C=O) groups is 2. The molecule has 0 bridgehead atoms. The number of methoxy groups -OCH3 is 1. The van der Waals surface area contributed by atoms with Crippen LogP contribution in [0.5, 0.6) is 5.75 Å². The van der Waals surface area contributed by atoms with E-state index >= 15 is 0 Å². The number of rotatable bonds is 6. The summed E-state index contributed by atoms with van der Waals surface area (Å²) in [4.78, 5) is 23.9. The number of carbonyl (C=O) groups excluding carboxylic acids is 2. The zero-order valence-corrected chi connectivity index (χ0v) is 13.3. The minimum Gasteiger partial charge on any atom is -0.497 e. The molecule has 5 heteroatoms. The van der Waals surface area contributed by atoms with Gasteiger partial charge in [-0.25, -0.2) is 0 Å². The van der Waals surface area contributed by atoms with Crippen molar-refractivity contribution in [2.75, 3.05) is 19.0 Å². The minimum absolute atomic E-state index is 0.164. The van der Waals surface area contributed by atoms with Gasteiger partial charge in [0.05, 0.1) is 7.11 Å². The van der Waals surface area contributed by atoms with Crippen LogP contribution < -0.4 is 15.4 Å². The first-order chi connectivity index (χ1) is 11.1. The number of anilines is 1. The monoisotopic (exact) mass is 312 g/mol. The van der Waals surface area contributed by atoms with Crippen LogP contribution in [0.4, 0.5) is 5.69 Å². The Kier molecular flexibility index (Phi) is 5.74. The molecule has 0 heterocycles. The number of hydrogen-bond acceptors (Lipinski definition) is 3. The summed E-state index contributed by atoms with van der Waals surface area (Å²) >= 11 is 0. The number of nitrogens with one attached hydrogen (secondary N) is 2. The molecule has 0 fully saturated rings. The van der Waals surface area contributed by atoms with E-state index in [1.807, 2.05) is 25.1 Å². The molecule has 2 amide bonds. The van der Waals surface area contributed by atoms with Crippen molar-refractivity contribution in [2.45, 2.75) is 13.3 Å². The van der Waals surface area contributed by atoms with Crippen molar-refractivity contribution < 1.29 is 14.3 Å². The Balaban J connectivity index is 1.80. The lowest BCUT2D eigenvalue weighted by atomic mass is 10.1. The van der Waals surface area contributed by atoms with Crippen LogP contribution in [0, 0.1) is 6.92 Å². The van der Waals surface area contributed by atoms with Gasteiger partial charge in [0.25, 0.3) is 5.91 Å². The molecule has 0 spiro atoms. The molecular formula is C18H20N2O3. The summed E-state index contributed by atoms with van der Waals surface area (Å²) in [6, 6.07) is 14.5. The van der Waals surface area contributed by atoms with Crippen molar-refractivity contribution >= 4 is 17.5 Å². The van der Waals surface area contributed by atoms with Gasteiger partial charge in [0.15, 0.2) is 0 Å². The number of amides is 2. The summed E-state index contributed by atoms with van der Waals surface area (Å²) in [6.45, 7) is 2.16. The predicted molar refractivity (Wildman–Crippen MR) is 89.8 cm³/mol. The van der Waals surface area contributed by atoms with Crippen molar-refractivity contribution in [1.29, 1.82) is 0 Å². The quantitative estimate of drug-likeness (QED) is 0.862. The van der Waals surface area contributed by atoms with E-state index < -0.39 is 0 Å². The lowest BCUT2D eigenvalue weighted by Crippen LogP contribution is -2.28. The van der Waals surface area contributed by atoms with Gasteiger partial charge in [-0.1, -0.05) is 24.3 Å². The fourth-order valence-electron chi connectivity index (χ4n) is 2.14. The second-order valence-corrected chi connectivity index (χ2v) is 5.10. The number of ether oxygens (including phenoxy) is 1. The van der Waals surface area contributed by atoms with Crippen molar-refractivity contribution in [2.24, 2.45) is 0 Å². The van der Waals surface area contributed by atoms with Gasteiger partial charge in [0.1, 0.15) is 5.75 Å². The third kappa shape index (κ3) is 4.85. The van der Waals surface area contributed by atoms with Crippen LogP contribution in [-0.2, 0) is 4.79 Å². The lowest BCUT2D eigenvalue weighted by Gasteiger charge is -2.09. The van der Waals surface area contributed by atoms with Crippen LogP contribution >= 0.6 is 0 Å².